The van der Waals surface area contributed by atoms with Gasteiger partial charge < -0.3 is 0 Å². The van der Waals surface area contributed by atoms with Gasteiger partial charge in [0.15, 0.2) is 5.83 Å². The molecule has 0 aromatic heterocycles. The van der Waals surface area contributed by atoms with Crippen molar-refractivity contribution in [3.8, 4) is 0 Å². The third-order valence-electron chi connectivity index (χ3n) is 0.205. The van der Waals surface area contributed by atoms with Crippen LogP contribution in [0.1, 0.15) is 0 Å². The molecule has 0 unspecified atom stereocenters. The lowest BCUT2D eigenvalue weighted by atomic mass is 10.7. The fraction of sp³-hybridized carbons (Fsp3) is 0. The van der Waals surface area contributed by atoms with Crippen molar-refractivity contribution in [3.63, 3.8) is 0 Å². The van der Waals surface area contributed by atoms with Gasteiger partial charge >= 0.3 is 6.08 Å². The van der Waals surface area contributed by atoms with Gasteiger partial charge in [-0.3, -0.25) is 0 Å². The molecule has 0 heterocycles. The van der Waals surface area contributed by atoms with Gasteiger partial charge in [-0.25, -0.2) is 4.39 Å². The third kappa shape index (κ3) is 1.81. The summed E-state index contributed by atoms with van der Waals surface area (Å²) in [7, 11) is 0. The van der Waals surface area contributed by atoms with Crippen LogP contribution in [0.25, 0.3) is 0 Å². The number of hydrogen-bond acceptors (Lipinski definition) is 0. The number of allylic oxidation sites excluding steroid dienone is 1. The van der Waals surface area contributed by atoms with E-state index in [4.69, 9.17) is 0 Å². The first-order valence-electron chi connectivity index (χ1n) is 1.17. The van der Waals surface area contributed by atoms with Crippen molar-refractivity contribution in [2.75, 3.05) is 0 Å². The molecule has 35 valence electrons. The van der Waals surface area contributed by atoms with E-state index in [9.17, 15) is 13.2 Å². The summed E-state index contributed by atoms with van der Waals surface area (Å²) in [5.41, 5.74) is 0. The SMILES string of the molecule is [CH2]C(F)=C(F)F. The Labute approximate surface area is 33.3 Å². The second-order valence-electron chi connectivity index (χ2n) is 0.665. The molecule has 0 rings (SSSR count). The van der Waals surface area contributed by atoms with Gasteiger partial charge in [-0.1, -0.05) is 0 Å². The van der Waals surface area contributed by atoms with Crippen molar-refractivity contribution in [2.45, 2.75) is 0 Å². The molecule has 0 saturated heterocycles. The van der Waals surface area contributed by atoms with Crippen LogP contribution in [-0.2, 0) is 0 Å². The molecule has 0 aliphatic carbocycles. The van der Waals surface area contributed by atoms with Crippen molar-refractivity contribution in [1.82, 2.24) is 0 Å². The lowest BCUT2D eigenvalue weighted by Gasteiger charge is -1.73. The summed E-state index contributed by atoms with van der Waals surface area (Å²) in [5.74, 6) is -1.66. The highest BCUT2D eigenvalue weighted by Gasteiger charge is 1.92. The van der Waals surface area contributed by atoms with Crippen molar-refractivity contribution in [2.24, 2.45) is 0 Å². The molecule has 3 heteroatoms. The summed E-state index contributed by atoms with van der Waals surface area (Å²) in [6.07, 6.45) is -2.35. The van der Waals surface area contributed by atoms with Crippen LogP contribution >= 0.6 is 0 Å². The van der Waals surface area contributed by atoms with E-state index < -0.39 is 11.9 Å². The van der Waals surface area contributed by atoms with E-state index in [1.807, 2.05) is 0 Å². The Morgan fingerprint density at radius 2 is 1.33 bits per heavy atom. The van der Waals surface area contributed by atoms with Crippen LogP contribution in [0.3, 0.4) is 0 Å². The molecule has 0 spiro atoms. The smallest absolute Gasteiger partial charge is 0.206 e. The van der Waals surface area contributed by atoms with E-state index in [-0.39, 0.29) is 0 Å². The lowest BCUT2D eigenvalue weighted by molar-refractivity contribution is 0.386. The first-order valence-corrected chi connectivity index (χ1v) is 1.17. The fourth-order valence-corrected chi connectivity index (χ4v) is 0. The Kier molecular flexibility index (Phi) is 1.70. The minimum absolute atomic E-state index is 1.66. The van der Waals surface area contributed by atoms with E-state index >= 15 is 0 Å². The van der Waals surface area contributed by atoms with Gasteiger partial charge in [0.25, 0.3) is 0 Å². The highest BCUT2D eigenvalue weighted by Crippen LogP contribution is 2.05. The molecule has 0 aliphatic heterocycles. The summed E-state index contributed by atoms with van der Waals surface area (Å²) in [6.45, 7) is 2.30. The maximum atomic E-state index is 10.8. The first kappa shape index (κ1) is 5.53. The summed E-state index contributed by atoms with van der Waals surface area (Å²) in [4.78, 5) is 0. The van der Waals surface area contributed by atoms with E-state index in [0.717, 1.165) is 0 Å². The third-order valence-corrected chi connectivity index (χ3v) is 0.205. The predicted molar refractivity (Wildman–Crippen MR) is 15.7 cm³/mol. The molecule has 0 fully saturated rings. The Morgan fingerprint density at radius 1 is 1.17 bits per heavy atom. The molecular formula is C3H2F3. The Hall–Kier alpha value is -0.470. The summed E-state index contributed by atoms with van der Waals surface area (Å²) in [6, 6.07) is 0. The Morgan fingerprint density at radius 3 is 1.33 bits per heavy atom. The molecule has 0 saturated carbocycles. The second kappa shape index (κ2) is 1.85. The zero-order chi connectivity index (χ0) is 5.15. The van der Waals surface area contributed by atoms with Crippen LogP contribution in [0.5, 0.6) is 0 Å². The summed E-state index contributed by atoms with van der Waals surface area (Å²) in [5, 5.41) is 0. The molecule has 0 atom stereocenters. The van der Waals surface area contributed by atoms with Crippen LogP contribution in [0, 0.1) is 6.92 Å². The molecule has 0 aliphatic rings. The molecule has 1 radical (unpaired) electrons. The fourth-order valence-electron chi connectivity index (χ4n) is 0. The minimum atomic E-state index is -2.35. The normalized spacial score (nSPS) is 8.00. The van der Waals surface area contributed by atoms with E-state index in [0.29, 0.717) is 0 Å². The van der Waals surface area contributed by atoms with Gasteiger partial charge in [0.05, 0.1) is 0 Å². The minimum Gasteiger partial charge on any atom is -0.206 e. The predicted octanol–water partition coefficient (Wildman–Crippen LogP) is 1.90. The highest BCUT2D eigenvalue weighted by atomic mass is 19.3. The highest BCUT2D eigenvalue weighted by molar-refractivity contribution is 4.93. The summed E-state index contributed by atoms with van der Waals surface area (Å²) >= 11 is 0. The molecule has 0 nitrogen and oxygen atoms in total. The van der Waals surface area contributed by atoms with Gasteiger partial charge in [-0.05, 0) is 0 Å². The standard InChI is InChI=1S/C3H2F3/c1-2(4)3(5)6/h1H2. The molecular weight excluding hydrogens is 93.0 g/mol. The number of hydrogen-bond donors (Lipinski definition) is 0. The van der Waals surface area contributed by atoms with Gasteiger partial charge in [0, 0.05) is 6.92 Å². The largest absolute Gasteiger partial charge is 0.301 e. The van der Waals surface area contributed by atoms with Gasteiger partial charge in [-0.2, -0.15) is 8.78 Å². The Balaban J connectivity index is 3.68. The van der Waals surface area contributed by atoms with Crippen molar-refractivity contribution in [1.29, 1.82) is 0 Å². The monoisotopic (exact) mass is 95.0 g/mol. The van der Waals surface area contributed by atoms with Crippen molar-refractivity contribution in [3.05, 3.63) is 18.8 Å². The lowest BCUT2D eigenvalue weighted by Crippen LogP contribution is -1.59. The van der Waals surface area contributed by atoms with Crippen LogP contribution < -0.4 is 0 Å². The van der Waals surface area contributed by atoms with Gasteiger partial charge in [-0.15, -0.1) is 0 Å². The van der Waals surface area contributed by atoms with Crippen LogP contribution in [0.2, 0.25) is 0 Å². The van der Waals surface area contributed by atoms with Crippen molar-refractivity contribution < 1.29 is 13.2 Å². The topological polar surface area (TPSA) is 0 Å². The molecule has 0 N–H and O–H groups in total. The molecule has 0 amide bonds. The molecule has 0 aromatic carbocycles. The average Bonchev–Trinajstić information content (AvgIpc) is 1.36. The molecule has 0 aromatic rings. The first-order chi connectivity index (χ1) is 2.64. The van der Waals surface area contributed by atoms with Crippen molar-refractivity contribution >= 4 is 0 Å². The number of rotatable bonds is 0. The molecule has 0 bridgehead atoms. The van der Waals surface area contributed by atoms with Crippen LogP contribution in [-0.4, -0.2) is 0 Å². The number of halogens is 3. The Bertz CT molecular complexity index is 56.1. The van der Waals surface area contributed by atoms with Gasteiger partial charge in [0.2, 0.25) is 0 Å². The average molecular weight is 95.0 g/mol. The van der Waals surface area contributed by atoms with E-state index in [2.05, 4.69) is 6.92 Å². The zero-order valence-electron chi connectivity index (χ0n) is 2.84. The van der Waals surface area contributed by atoms with E-state index in [1.165, 1.54) is 0 Å². The van der Waals surface area contributed by atoms with Gasteiger partial charge in [0.1, 0.15) is 0 Å². The van der Waals surface area contributed by atoms with E-state index in [1.54, 1.807) is 0 Å². The zero-order valence-corrected chi connectivity index (χ0v) is 2.84. The van der Waals surface area contributed by atoms with Crippen LogP contribution in [0.15, 0.2) is 11.9 Å². The quantitative estimate of drug-likeness (QED) is 0.431. The van der Waals surface area contributed by atoms with Crippen LogP contribution in [0.4, 0.5) is 13.2 Å². The summed E-state index contributed by atoms with van der Waals surface area (Å²) < 4.78 is 32.0. The molecule has 6 heavy (non-hydrogen) atoms. The maximum absolute atomic E-state index is 10.8. The second-order valence-corrected chi connectivity index (χ2v) is 0.665. The maximum Gasteiger partial charge on any atom is 0.301 e.